The molecule has 0 bridgehead atoms. The zero-order chi connectivity index (χ0) is 14.7. The van der Waals surface area contributed by atoms with Crippen molar-refractivity contribution in [3.63, 3.8) is 0 Å². The molecule has 0 saturated carbocycles. The summed E-state index contributed by atoms with van der Waals surface area (Å²) in [5.41, 5.74) is 3.82. The lowest BCUT2D eigenvalue weighted by Crippen LogP contribution is -2.13. The Morgan fingerprint density at radius 2 is 2.05 bits per heavy atom. The smallest absolute Gasteiger partial charge is 0.227 e. The molecule has 0 saturated heterocycles. The molecule has 3 N–H and O–H groups in total. The van der Waals surface area contributed by atoms with E-state index in [1.807, 2.05) is 13.8 Å². The largest absolute Gasteiger partial charge is 0.439 e. The van der Waals surface area contributed by atoms with Crippen LogP contribution in [-0.4, -0.2) is 9.97 Å². The molecule has 1 aromatic heterocycles. The molecular formula is C14H17FN4O. The number of aromatic nitrogens is 2. The molecule has 106 valence electrons. The van der Waals surface area contributed by atoms with Gasteiger partial charge in [-0.3, -0.25) is 0 Å². The van der Waals surface area contributed by atoms with Crippen molar-refractivity contribution in [2.24, 2.45) is 5.84 Å². The molecule has 20 heavy (non-hydrogen) atoms. The van der Waals surface area contributed by atoms with E-state index in [0.717, 1.165) is 5.56 Å². The zero-order valence-corrected chi connectivity index (χ0v) is 11.6. The number of halogens is 1. The molecule has 0 fully saturated rings. The third-order valence-electron chi connectivity index (χ3n) is 2.91. The van der Waals surface area contributed by atoms with Gasteiger partial charge >= 0.3 is 0 Å². The van der Waals surface area contributed by atoms with E-state index in [1.165, 1.54) is 12.4 Å². The van der Waals surface area contributed by atoms with Crippen molar-refractivity contribution in [2.75, 3.05) is 5.43 Å². The van der Waals surface area contributed by atoms with Crippen molar-refractivity contribution >= 4 is 5.82 Å². The predicted octanol–water partition coefficient (Wildman–Crippen LogP) is 3.13. The first-order valence-electron chi connectivity index (χ1n) is 6.28. The average Bonchev–Trinajstić information content (AvgIpc) is 2.42. The Labute approximate surface area is 117 Å². The Kier molecular flexibility index (Phi) is 4.14. The number of hydrazine groups is 1. The van der Waals surface area contributed by atoms with Crippen LogP contribution in [0.3, 0.4) is 0 Å². The molecule has 5 nitrogen and oxygen atoms in total. The molecule has 0 spiro atoms. The zero-order valence-electron chi connectivity index (χ0n) is 11.6. The molecule has 0 amide bonds. The summed E-state index contributed by atoms with van der Waals surface area (Å²) >= 11 is 0. The minimum Gasteiger partial charge on any atom is -0.439 e. The lowest BCUT2D eigenvalue weighted by molar-refractivity contribution is 0.449. The van der Waals surface area contributed by atoms with Gasteiger partial charge in [-0.25, -0.2) is 20.2 Å². The summed E-state index contributed by atoms with van der Waals surface area (Å²) in [6.07, 6.45) is 1.37. The van der Waals surface area contributed by atoms with Crippen molar-refractivity contribution in [1.29, 1.82) is 0 Å². The second-order valence-corrected chi connectivity index (χ2v) is 4.75. The number of nitrogen functional groups attached to an aromatic ring is 1. The molecule has 2 aromatic rings. The SMILES string of the molecule is Cc1cc(Oc2ncnc(NN)c2C(C)C)ccc1F. The molecule has 2 rings (SSSR count). The van der Waals surface area contributed by atoms with Crippen LogP contribution >= 0.6 is 0 Å². The number of hydrogen-bond donors (Lipinski definition) is 2. The van der Waals surface area contributed by atoms with Gasteiger partial charge in [-0.2, -0.15) is 0 Å². The number of hydrogen-bond acceptors (Lipinski definition) is 5. The second kappa shape index (κ2) is 5.83. The number of anilines is 1. The van der Waals surface area contributed by atoms with Crippen LogP contribution in [0.1, 0.15) is 30.9 Å². The molecule has 1 aromatic carbocycles. The fourth-order valence-electron chi connectivity index (χ4n) is 1.89. The highest BCUT2D eigenvalue weighted by Crippen LogP contribution is 2.32. The minimum atomic E-state index is -0.270. The first kappa shape index (κ1) is 14.2. The van der Waals surface area contributed by atoms with E-state index < -0.39 is 0 Å². The van der Waals surface area contributed by atoms with Crippen LogP contribution < -0.4 is 16.0 Å². The third-order valence-corrected chi connectivity index (χ3v) is 2.91. The highest BCUT2D eigenvalue weighted by molar-refractivity contribution is 5.50. The van der Waals surface area contributed by atoms with Crippen LogP contribution in [0.15, 0.2) is 24.5 Å². The molecule has 1 heterocycles. The summed E-state index contributed by atoms with van der Waals surface area (Å²) in [6.45, 7) is 5.66. The van der Waals surface area contributed by atoms with Crippen molar-refractivity contribution in [1.82, 2.24) is 9.97 Å². The molecule has 0 aliphatic rings. The van der Waals surface area contributed by atoms with Crippen LogP contribution in [0.5, 0.6) is 11.6 Å². The Morgan fingerprint density at radius 1 is 1.30 bits per heavy atom. The van der Waals surface area contributed by atoms with E-state index in [4.69, 9.17) is 10.6 Å². The quantitative estimate of drug-likeness (QED) is 0.663. The Hall–Kier alpha value is -2.21. The number of rotatable bonds is 4. The molecule has 0 aliphatic carbocycles. The number of nitrogens with two attached hydrogens (primary N) is 1. The van der Waals surface area contributed by atoms with Gasteiger partial charge in [-0.1, -0.05) is 13.8 Å². The van der Waals surface area contributed by atoms with Gasteiger partial charge in [0, 0.05) is 0 Å². The summed E-state index contributed by atoms with van der Waals surface area (Å²) < 4.78 is 19.0. The molecule has 0 unspecified atom stereocenters. The number of nitrogens with one attached hydrogen (secondary N) is 1. The van der Waals surface area contributed by atoms with Gasteiger partial charge in [0.25, 0.3) is 0 Å². The van der Waals surface area contributed by atoms with Gasteiger partial charge in [-0.15, -0.1) is 0 Å². The lowest BCUT2D eigenvalue weighted by Gasteiger charge is -2.15. The maximum atomic E-state index is 13.3. The Balaban J connectivity index is 2.40. The van der Waals surface area contributed by atoms with Crippen LogP contribution in [-0.2, 0) is 0 Å². The van der Waals surface area contributed by atoms with Gasteiger partial charge in [0.2, 0.25) is 5.88 Å². The monoisotopic (exact) mass is 276 g/mol. The number of benzene rings is 1. The highest BCUT2D eigenvalue weighted by atomic mass is 19.1. The molecular weight excluding hydrogens is 259 g/mol. The Bertz CT molecular complexity index is 616. The van der Waals surface area contributed by atoms with E-state index in [9.17, 15) is 4.39 Å². The molecule has 6 heteroatoms. The van der Waals surface area contributed by atoms with E-state index in [-0.39, 0.29) is 11.7 Å². The highest BCUT2D eigenvalue weighted by Gasteiger charge is 2.16. The summed E-state index contributed by atoms with van der Waals surface area (Å²) in [5.74, 6) is 6.75. The standard InChI is InChI=1S/C14H17FN4O/c1-8(2)12-13(19-16)17-7-18-14(12)20-10-4-5-11(15)9(3)6-10/h4-8H,16H2,1-3H3,(H,17,18,19). The van der Waals surface area contributed by atoms with E-state index in [1.54, 1.807) is 19.1 Å². The third kappa shape index (κ3) is 2.85. The van der Waals surface area contributed by atoms with Crippen molar-refractivity contribution in [2.45, 2.75) is 26.7 Å². The second-order valence-electron chi connectivity index (χ2n) is 4.75. The van der Waals surface area contributed by atoms with E-state index >= 15 is 0 Å². The number of ether oxygens (including phenoxy) is 1. The fraction of sp³-hybridized carbons (Fsp3) is 0.286. The minimum absolute atomic E-state index is 0.124. The van der Waals surface area contributed by atoms with Crippen LogP contribution in [0, 0.1) is 12.7 Å². The average molecular weight is 276 g/mol. The van der Waals surface area contributed by atoms with Gasteiger partial charge in [0.1, 0.15) is 17.9 Å². The van der Waals surface area contributed by atoms with Gasteiger partial charge in [0.05, 0.1) is 5.56 Å². The topological polar surface area (TPSA) is 73.1 Å². The fourth-order valence-corrected chi connectivity index (χ4v) is 1.89. The predicted molar refractivity (Wildman–Crippen MR) is 75.1 cm³/mol. The molecule has 0 atom stereocenters. The summed E-state index contributed by atoms with van der Waals surface area (Å²) in [5, 5.41) is 0. The molecule has 0 aliphatic heterocycles. The summed E-state index contributed by atoms with van der Waals surface area (Å²) in [4.78, 5) is 8.20. The summed E-state index contributed by atoms with van der Waals surface area (Å²) in [6, 6.07) is 4.55. The van der Waals surface area contributed by atoms with Gasteiger partial charge in [0.15, 0.2) is 5.82 Å². The van der Waals surface area contributed by atoms with E-state index in [2.05, 4.69) is 15.4 Å². The maximum Gasteiger partial charge on any atom is 0.227 e. The van der Waals surface area contributed by atoms with Crippen LogP contribution in [0.2, 0.25) is 0 Å². The number of nitrogens with zero attached hydrogens (tertiary/aromatic N) is 2. The molecule has 0 radical (unpaired) electrons. The van der Waals surface area contributed by atoms with Crippen molar-refractivity contribution in [3.05, 3.63) is 41.5 Å². The van der Waals surface area contributed by atoms with Crippen LogP contribution in [0.25, 0.3) is 0 Å². The van der Waals surface area contributed by atoms with E-state index in [0.29, 0.717) is 23.0 Å². The maximum absolute atomic E-state index is 13.3. The first-order chi connectivity index (χ1) is 9.52. The first-order valence-corrected chi connectivity index (χ1v) is 6.28. The van der Waals surface area contributed by atoms with Gasteiger partial charge in [-0.05, 0) is 36.6 Å². The van der Waals surface area contributed by atoms with Gasteiger partial charge < -0.3 is 10.2 Å². The Morgan fingerprint density at radius 3 is 2.65 bits per heavy atom. The normalized spacial score (nSPS) is 10.7. The number of aryl methyl sites for hydroxylation is 1. The van der Waals surface area contributed by atoms with Crippen molar-refractivity contribution < 1.29 is 9.13 Å². The lowest BCUT2D eigenvalue weighted by atomic mass is 10.1. The van der Waals surface area contributed by atoms with Crippen LogP contribution in [0.4, 0.5) is 10.2 Å². The summed E-state index contributed by atoms with van der Waals surface area (Å²) in [7, 11) is 0. The van der Waals surface area contributed by atoms with Crippen molar-refractivity contribution in [3.8, 4) is 11.6 Å².